The van der Waals surface area contributed by atoms with Gasteiger partial charge in [-0.15, -0.1) is 0 Å². The minimum Gasteiger partial charge on any atom is -0.157 e. The molecule has 0 amide bonds. The highest BCUT2D eigenvalue weighted by Crippen LogP contribution is 2.65. The van der Waals surface area contributed by atoms with Crippen LogP contribution in [0.15, 0.2) is 182 Å². The second kappa shape index (κ2) is 13.1. The average molecular weight is 598 g/mol. The molecule has 3 heteroatoms. The van der Waals surface area contributed by atoms with Gasteiger partial charge < -0.3 is 0 Å². The summed E-state index contributed by atoms with van der Waals surface area (Å²) in [6, 6.07) is 68.1. The van der Waals surface area contributed by atoms with Crippen molar-refractivity contribution in [1.29, 1.82) is 0 Å². The number of rotatable bonds is 9. The van der Waals surface area contributed by atoms with Gasteiger partial charge in [-0.05, 0) is 58.6 Å². The number of hydrogen-bond donors (Lipinski definition) is 0. The Morgan fingerprint density at radius 3 is 0.952 bits per heavy atom. The minimum atomic E-state index is -2.35. The first kappa shape index (κ1) is 28.5. The first-order valence-electron chi connectivity index (χ1n) is 14.3. The molecular weight excluding hydrogens is 562 g/mol. The van der Waals surface area contributed by atoms with Gasteiger partial charge in [-0.25, -0.2) is 0 Å². The van der Waals surface area contributed by atoms with Gasteiger partial charge in [-0.2, -0.15) is 11.8 Å². The Bertz CT molecular complexity index is 1550. The van der Waals surface area contributed by atoms with E-state index in [0.717, 1.165) is 5.75 Å². The molecule has 0 fully saturated rings. The quantitative estimate of drug-likeness (QED) is 0.156. The predicted octanol–water partition coefficient (Wildman–Crippen LogP) is 7.47. The van der Waals surface area contributed by atoms with Crippen LogP contribution in [0.2, 0.25) is 0 Å². The monoisotopic (exact) mass is 597 g/mol. The maximum Gasteiger partial charge on any atom is 0.141 e. The summed E-state index contributed by atoms with van der Waals surface area (Å²) in [4.78, 5) is 0. The van der Waals surface area contributed by atoms with Crippen molar-refractivity contribution in [3.8, 4) is 0 Å². The van der Waals surface area contributed by atoms with Crippen LogP contribution in [-0.2, 0) is 0 Å². The van der Waals surface area contributed by atoms with Gasteiger partial charge in [-0.3, -0.25) is 0 Å². The molecule has 0 N–H and O–H groups in total. The maximum absolute atomic E-state index is 2.38. The van der Waals surface area contributed by atoms with Gasteiger partial charge in [0.25, 0.3) is 0 Å². The summed E-state index contributed by atoms with van der Waals surface area (Å²) in [5.74, 6) is 0.943. The summed E-state index contributed by atoms with van der Waals surface area (Å²) in [5, 5.41) is 10.0. The smallest absolute Gasteiger partial charge is 0.141 e. The van der Waals surface area contributed by atoms with Crippen LogP contribution in [0, 0.1) is 0 Å². The molecule has 0 saturated carbocycles. The fourth-order valence-electron chi connectivity index (χ4n) is 6.25. The van der Waals surface area contributed by atoms with E-state index >= 15 is 0 Å². The molecule has 206 valence electrons. The van der Waals surface area contributed by atoms with Crippen molar-refractivity contribution in [3.63, 3.8) is 0 Å². The van der Waals surface area contributed by atoms with Crippen LogP contribution in [0.1, 0.15) is 0 Å². The van der Waals surface area contributed by atoms with E-state index in [2.05, 4.69) is 188 Å². The fraction of sp³-hybridized carbons (Fsp3) is 0.0513. The van der Waals surface area contributed by atoms with Crippen molar-refractivity contribution in [2.75, 3.05) is 12.0 Å². The third kappa shape index (κ3) is 5.01. The zero-order valence-corrected chi connectivity index (χ0v) is 26.4. The molecule has 0 atom stereocenters. The molecular formula is C39H35P2S+. The van der Waals surface area contributed by atoms with E-state index < -0.39 is 14.1 Å². The van der Waals surface area contributed by atoms with Crippen LogP contribution in [-0.4, -0.2) is 17.0 Å². The molecule has 0 aliphatic heterocycles. The molecule has 0 bridgehead atoms. The Hall–Kier alpha value is -3.60. The van der Waals surface area contributed by atoms with Crippen LogP contribution in [0.5, 0.6) is 0 Å². The van der Waals surface area contributed by atoms with E-state index in [4.69, 9.17) is 0 Å². The van der Waals surface area contributed by atoms with Gasteiger partial charge in [0, 0.05) is 6.89 Å². The number of benzene rings is 6. The molecule has 0 aromatic heterocycles. The van der Waals surface area contributed by atoms with Crippen molar-refractivity contribution in [2.24, 2.45) is 0 Å². The van der Waals surface area contributed by atoms with Crippen LogP contribution in [0.3, 0.4) is 0 Å². The maximum atomic E-state index is 2.38. The van der Waals surface area contributed by atoms with E-state index in [1.54, 1.807) is 5.03 Å². The van der Waals surface area contributed by atoms with Crippen molar-refractivity contribution >= 4 is 62.8 Å². The summed E-state index contributed by atoms with van der Waals surface area (Å²) in [6.07, 6.45) is 2.27. The van der Waals surface area contributed by atoms with Gasteiger partial charge in [-0.1, -0.05) is 146 Å². The summed E-state index contributed by atoms with van der Waals surface area (Å²) < 4.78 is 0. The summed E-state index contributed by atoms with van der Waals surface area (Å²) in [5.41, 5.74) is 0. The van der Waals surface area contributed by atoms with Gasteiger partial charge >= 0.3 is 0 Å². The van der Waals surface area contributed by atoms with Gasteiger partial charge in [0.1, 0.15) is 28.2 Å². The zero-order chi connectivity index (χ0) is 28.7. The topological polar surface area (TPSA) is 0 Å². The number of thioether (sulfide) groups is 1. The van der Waals surface area contributed by atoms with Crippen molar-refractivity contribution in [2.45, 2.75) is 0 Å². The SMILES string of the molecule is CSCC(=P(c1ccccc1)(c1ccccc1)c1ccccc1)[P+](c1ccccc1)(c1ccccc1)c1ccccc1. The molecule has 0 unspecified atom stereocenters. The predicted molar refractivity (Wildman–Crippen MR) is 194 cm³/mol. The molecule has 0 radical (unpaired) electrons. The lowest BCUT2D eigenvalue weighted by Crippen LogP contribution is -2.42. The lowest BCUT2D eigenvalue weighted by Gasteiger charge is -2.38. The van der Waals surface area contributed by atoms with Gasteiger partial charge in [0.05, 0.1) is 5.75 Å². The first-order chi connectivity index (χ1) is 20.8. The molecule has 6 rings (SSSR count). The second-order valence-corrected chi connectivity index (χ2v) is 18.3. The highest BCUT2D eigenvalue weighted by atomic mass is 32.2. The van der Waals surface area contributed by atoms with Gasteiger partial charge in [0.15, 0.2) is 0 Å². The normalized spacial score (nSPS) is 11.6. The van der Waals surface area contributed by atoms with E-state index in [1.165, 1.54) is 31.8 Å². The fourth-order valence-corrected chi connectivity index (χ4v) is 20.0. The molecule has 6 aromatic carbocycles. The highest BCUT2D eigenvalue weighted by molar-refractivity contribution is 8.22. The van der Waals surface area contributed by atoms with E-state index in [9.17, 15) is 0 Å². The van der Waals surface area contributed by atoms with Crippen molar-refractivity contribution in [1.82, 2.24) is 0 Å². The molecule has 6 aromatic rings. The van der Waals surface area contributed by atoms with E-state index in [1.807, 2.05) is 11.8 Å². The largest absolute Gasteiger partial charge is 0.157 e. The summed E-state index contributed by atoms with van der Waals surface area (Å²) >= 11 is 1.95. The Kier molecular flexibility index (Phi) is 8.92. The van der Waals surface area contributed by atoms with Crippen LogP contribution < -0.4 is 31.8 Å². The summed E-state index contributed by atoms with van der Waals surface area (Å²) in [6.45, 7) is -2.35. The Morgan fingerprint density at radius 2 is 0.690 bits per heavy atom. The lowest BCUT2D eigenvalue weighted by molar-refractivity contribution is 1.72. The van der Waals surface area contributed by atoms with E-state index in [0.29, 0.717) is 0 Å². The molecule has 0 saturated heterocycles. The van der Waals surface area contributed by atoms with Crippen LogP contribution in [0.4, 0.5) is 0 Å². The number of hydrogen-bond acceptors (Lipinski definition) is 1. The summed E-state index contributed by atoms with van der Waals surface area (Å²) in [7, 11) is -2.35. The zero-order valence-electron chi connectivity index (χ0n) is 23.8. The third-order valence-corrected chi connectivity index (χ3v) is 19.0. The standard InChI is InChI=1S/C39H35P2S/c1-42-32-39(40(33-20-8-2-9-21-33,34-22-10-3-11-23-34)35-24-12-4-13-25-35)41(36-26-14-5-15-27-36,37-28-16-6-17-29-37)38-30-18-7-19-31-38/h2-31H,32H2,1H3/q+1. The van der Waals surface area contributed by atoms with E-state index in [-0.39, 0.29) is 0 Å². The van der Waals surface area contributed by atoms with Crippen LogP contribution in [0.25, 0.3) is 0 Å². The minimum absolute atomic E-state index is 0.943. The lowest BCUT2D eigenvalue weighted by atomic mass is 10.4. The Morgan fingerprint density at radius 1 is 0.429 bits per heavy atom. The average Bonchev–Trinajstić information content (AvgIpc) is 3.08. The third-order valence-electron chi connectivity index (χ3n) is 7.91. The molecule has 0 nitrogen and oxygen atoms in total. The molecule has 0 aliphatic rings. The second-order valence-electron chi connectivity index (χ2n) is 10.2. The molecule has 0 heterocycles. The van der Waals surface area contributed by atoms with Crippen LogP contribution >= 0.6 is 25.9 Å². The van der Waals surface area contributed by atoms with Crippen molar-refractivity contribution in [3.05, 3.63) is 182 Å². The Labute approximate surface area is 255 Å². The van der Waals surface area contributed by atoms with Gasteiger partial charge in [0.2, 0.25) is 0 Å². The molecule has 0 spiro atoms. The van der Waals surface area contributed by atoms with Crippen molar-refractivity contribution < 1.29 is 0 Å². The highest BCUT2D eigenvalue weighted by Gasteiger charge is 2.53. The molecule has 42 heavy (non-hydrogen) atoms. The molecule has 0 aliphatic carbocycles. The Balaban J connectivity index is 1.98. The first-order valence-corrected chi connectivity index (χ1v) is 19.3.